The lowest BCUT2D eigenvalue weighted by atomic mass is 10.0. The first-order chi connectivity index (χ1) is 25.3. The molecule has 12 nitrogen and oxygen atoms in total. The quantitative estimate of drug-likeness (QED) is 0.102. The number of anilines is 1. The van der Waals surface area contributed by atoms with Gasteiger partial charge in [-0.25, -0.2) is 22.2 Å². The molecule has 3 aromatic rings. The Hall–Kier alpha value is -4.39. The van der Waals surface area contributed by atoms with Gasteiger partial charge in [-0.05, 0) is 44.9 Å². The summed E-state index contributed by atoms with van der Waals surface area (Å²) in [6, 6.07) is 11.7. The minimum Gasteiger partial charge on any atom is -0.491 e. The molecule has 0 bridgehead atoms. The highest BCUT2D eigenvalue weighted by atomic mass is 32.2. The van der Waals surface area contributed by atoms with Gasteiger partial charge in [-0.3, -0.25) is 13.9 Å². The number of alkyl halides is 3. The van der Waals surface area contributed by atoms with Crippen LogP contribution in [0.15, 0.2) is 60.7 Å². The third kappa shape index (κ3) is 13.5. The van der Waals surface area contributed by atoms with Crippen LogP contribution in [0.5, 0.6) is 5.75 Å². The van der Waals surface area contributed by atoms with Crippen molar-refractivity contribution >= 4 is 27.7 Å². The number of aliphatic hydroxyl groups is 1. The first-order valence-corrected chi connectivity index (χ1v) is 18.4. The van der Waals surface area contributed by atoms with Gasteiger partial charge in [-0.2, -0.15) is 13.2 Å². The summed E-state index contributed by atoms with van der Waals surface area (Å²) in [5.41, 5.74) is 0.209. The van der Waals surface area contributed by atoms with Gasteiger partial charge in [0.1, 0.15) is 35.5 Å². The molecule has 0 aliphatic carbocycles. The zero-order chi connectivity index (χ0) is 40.2. The van der Waals surface area contributed by atoms with Gasteiger partial charge in [0.2, 0.25) is 10.0 Å². The van der Waals surface area contributed by atoms with Crippen molar-refractivity contribution in [3.63, 3.8) is 0 Å². The Labute approximate surface area is 311 Å². The summed E-state index contributed by atoms with van der Waals surface area (Å²) in [7, 11) is -1.50. The summed E-state index contributed by atoms with van der Waals surface area (Å²) in [6.07, 6.45) is -8.33. The number of aliphatic hydroxyl groups excluding tert-OH is 1. The van der Waals surface area contributed by atoms with E-state index in [0.717, 1.165) is 34.1 Å². The molecule has 0 spiro atoms. The van der Waals surface area contributed by atoms with Crippen LogP contribution in [-0.4, -0.2) is 94.0 Å². The van der Waals surface area contributed by atoms with Crippen LogP contribution in [0.4, 0.5) is 27.8 Å². The number of amides is 2. The highest BCUT2D eigenvalue weighted by Crippen LogP contribution is 2.23. The maximum absolute atomic E-state index is 13.9. The molecule has 0 radical (unpaired) electrons. The van der Waals surface area contributed by atoms with E-state index in [1.54, 1.807) is 37.3 Å². The predicted molar refractivity (Wildman–Crippen MR) is 190 cm³/mol. The molecule has 2 aromatic carbocycles. The molecule has 1 heterocycles. The van der Waals surface area contributed by atoms with E-state index >= 15 is 0 Å². The molecule has 0 saturated carbocycles. The molecule has 2 amide bonds. The van der Waals surface area contributed by atoms with Gasteiger partial charge < -0.3 is 30.0 Å². The largest absolute Gasteiger partial charge is 0.491 e. The number of nitrogens with one attached hydrogen (secondary N) is 2. The van der Waals surface area contributed by atoms with Gasteiger partial charge in [0.15, 0.2) is 0 Å². The van der Waals surface area contributed by atoms with Crippen molar-refractivity contribution in [1.29, 1.82) is 0 Å². The van der Waals surface area contributed by atoms with Crippen molar-refractivity contribution in [2.45, 2.75) is 75.8 Å². The number of pyridine rings is 1. The second kappa shape index (κ2) is 19.8. The van der Waals surface area contributed by atoms with Crippen molar-refractivity contribution in [2.24, 2.45) is 0 Å². The molecule has 0 aliphatic rings. The predicted octanol–water partition coefficient (Wildman–Crippen LogP) is 5.33. The summed E-state index contributed by atoms with van der Waals surface area (Å²) in [5, 5.41) is 15.7. The molecule has 298 valence electrons. The number of halogens is 5. The van der Waals surface area contributed by atoms with Gasteiger partial charge in [-0.15, -0.1) is 0 Å². The number of aromatic nitrogens is 1. The van der Waals surface area contributed by atoms with Gasteiger partial charge in [0.05, 0.1) is 36.1 Å². The number of carbonyl (C=O) groups is 2. The van der Waals surface area contributed by atoms with Crippen molar-refractivity contribution in [2.75, 3.05) is 38.3 Å². The number of ether oxygens (including phenoxy) is 3. The number of hydrogen-bond acceptors (Lipinski definition) is 9. The van der Waals surface area contributed by atoms with Crippen LogP contribution < -0.4 is 19.7 Å². The van der Waals surface area contributed by atoms with Gasteiger partial charge in [0, 0.05) is 57.4 Å². The van der Waals surface area contributed by atoms with Gasteiger partial charge >= 0.3 is 6.18 Å². The number of rotatable bonds is 20. The number of hydrogen-bond donors (Lipinski definition) is 3. The lowest BCUT2D eigenvalue weighted by Gasteiger charge is -2.27. The van der Waals surface area contributed by atoms with E-state index in [-0.39, 0.29) is 48.9 Å². The normalized spacial score (nSPS) is 14.2. The Morgan fingerprint density at radius 1 is 0.944 bits per heavy atom. The lowest BCUT2D eigenvalue weighted by Crippen LogP contribution is -2.48. The maximum Gasteiger partial charge on any atom is 0.389 e. The zero-order valence-electron chi connectivity index (χ0n) is 30.4. The van der Waals surface area contributed by atoms with Crippen molar-refractivity contribution in [3.8, 4) is 5.75 Å². The van der Waals surface area contributed by atoms with E-state index in [2.05, 4.69) is 15.6 Å². The van der Waals surface area contributed by atoms with Crippen molar-refractivity contribution in [1.82, 2.24) is 15.6 Å². The van der Waals surface area contributed by atoms with Crippen LogP contribution in [0.2, 0.25) is 0 Å². The second-order valence-electron chi connectivity index (χ2n) is 12.7. The number of benzene rings is 2. The average Bonchev–Trinajstić information content (AvgIpc) is 3.11. The van der Waals surface area contributed by atoms with Crippen molar-refractivity contribution < 1.29 is 59.3 Å². The molecule has 3 rings (SSSR count). The van der Waals surface area contributed by atoms with E-state index in [1.807, 2.05) is 0 Å². The number of sulfonamides is 1. The van der Waals surface area contributed by atoms with E-state index in [9.17, 15) is 45.1 Å². The van der Waals surface area contributed by atoms with E-state index in [4.69, 9.17) is 14.2 Å². The molecular formula is C36H45F5N4O8S. The van der Waals surface area contributed by atoms with Crippen molar-refractivity contribution in [3.05, 3.63) is 89.1 Å². The van der Waals surface area contributed by atoms with E-state index in [0.29, 0.717) is 6.07 Å². The Balaban J connectivity index is 1.92. The number of carbonyl (C=O) groups excluding carboxylic acids is 2. The van der Waals surface area contributed by atoms with Crippen LogP contribution in [0, 0.1) is 11.6 Å². The van der Waals surface area contributed by atoms with Crippen LogP contribution in [-0.2, 0) is 19.5 Å². The fourth-order valence-electron chi connectivity index (χ4n) is 5.02. The van der Waals surface area contributed by atoms with Crippen LogP contribution in [0.25, 0.3) is 0 Å². The van der Waals surface area contributed by atoms with Crippen LogP contribution >= 0.6 is 0 Å². The molecule has 18 heteroatoms. The summed E-state index contributed by atoms with van der Waals surface area (Å²) in [4.78, 5) is 31.6. The summed E-state index contributed by atoms with van der Waals surface area (Å²) in [6.45, 7) is 3.59. The van der Waals surface area contributed by atoms with Crippen LogP contribution in [0.3, 0.4) is 0 Å². The highest BCUT2D eigenvalue weighted by molar-refractivity contribution is 7.93. The zero-order valence-corrected chi connectivity index (χ0v) is 31.2. The molecule has 0 saturated heterocycles. The van der Waals surface area contributed by atoms with E-state index in [1.165, 1.54) is 28.0 Å². The monoisotopic (exact) mass is 788 g/mol. The molecule has 0 fully saturated rings. The SMILES string of the molecule is CO[C@@H](COCCCC(F)(F)F)C[C@@H](O)[C@H](COc1cc(F)cc(F)c1)NC(=O)c1cc(C(=O)N[C@H](C)c2ccccc2)nc(N(C)S(=O)(=O)C(C)C)c1. The Bertz CT molecular complexity index is 1780. The smallest absolute Gasteiger partial charge is 0.389 e. The third-order valence-corrected chi connectivity index (χ3v) is 10.3. The Morgan fingerprint density at radius 2 is 1.59 bits per heavy atom. The molecule has 4 atom stereocenters. The molecule has 54 heavy (non-hydrogen) atoms. The highest BCUT2D eigenvalue weighted by Gasteiger charge is 2.30. The topological polar surface area (TPSA) is 156 Å². The standard InChI is InChI=1S/C36H45F5N4O8S/c1-22(2)54(49,50)45(4)33-15-25(14-30(43-33)35(48)42-23(3)24-10-7-6-8-11-24)34(47)44-31(21-53-28-17-26(37)16-27(38)18-28)32(46)19-29(51-5)20-52-13-9-12-36(39,40)41/h6-8,10-11,14-18,22-23,29,31-32,46H,9,12-13,19-21H2,1-5H3,(H,42,48)(H,44,47)/t23-,29-,31+,32-/m1/s1. The summed E-state index contributed by atoms with van der Waals surface area (Å²) >= 11 is 0. The molecule has 3 N–H and O–H groups in total. The molecule has 0 aliphatic heterocycles. The summed E-state index contributed by atoms with van der Waals surface area (Å²) < 4.78 is 108. The Kier molecular flexibility index (Phi) is 16.1. The second-order valence-corrected chi connectivity index (χ2v) is 15.2. The third-order valence-electron chi connectivity index (χ3n) is 8.19. The van der Waals surface area contributed by atoms with Gasteiger partial charge in [-0.1, -0.05) is 30.3 Å². The number of nitrogens with zero attached hydrogens (tertiary/aromatic N) is 2. The molecule has 0 unspecified atom stereocenters. The molecule has 1 aromatic heterocycles. The fourth-order valence-corrected chi connectivity index (χ4v) is 6.01. The van der Waals surface area contributed by atoms with E-state index < -0.39 is 82.2 Å². The minimum atomic E-state index is -4.35. The minimum absolute atomic E-state index is 0.216. The average molecular weight is 789 g/mol. The maximum atomic E-state index is 13.9. The first-order valence-electron chi connectivity index (χ1n) is 16.9. The fraction of sp³-hybridized carbons (Fsp3) is 0.472. The van der Waals surface area contributed by atoms with Gasteiger partial charge in [0.25, 0.3) is 11.8 Å². The van der Waals surface area contributed by atoms with Crippen LogP contribution in [0.1, 0.15) is 72.5 Å². The first kappa shape index (κ1) is 44.0. The number of methoxy groups -OCH3 is 1. The lowest BCUT2D eigenvalue weighted by molar-refractivity contribution is -0.138. The molecular weight excluding hydrogens is 743 g/mol. The Morgan fingerprint density at radius 3 is 2.19 bits per heavy atom. The summed E-state index contributed by atoms with van der Waals surface area (Å²) in [5.74, 6) is -4.10.